The fraction of sp³-hybridized carbons (Fsp3) is 0.400. The van der Waals surface area contributed by atoms with Gasteiger partial charge in [-0.25, -0.2) is 0 Å². The van der Waals surface area contributed by atoms with Gasteiger partial charge in [0.2, 0.25) is 0 Å². The van der Waals surface area contributed by atoms with Crippen LogP contribution in [0.1, 0.15) is 62.9 Å². The summed E-state index contributed by atoms with van der Waals surface area (Å²) in [6, 6.07) is 10.2. The number of aromatic nitrogens is 2. The molecular formula is C25H32N4. The van der Waals surface area contributed by atoms with E-state index < -0.39 is 0 Å². The summed E-state index contributed by atoms with van der Waals surface area (Å²) in [4.78, 5) is 4.93. The lowest BCUT2D eigenvalue weighted by Gasteiger charge is -2.17. The Balaban J connectivity index is 2.57. The minimum absolute atomic E-state index is 0.301. The predicted molar refractivity (Wildman–Crippen MR) is 121 cm³/mol. The third-order valence-corrected chi connectivity index (χ3v) is 5.16. The fourth-order valence-electron chi connectivity index (χ4n) is 3.30. The van der Waals surface area contributed by atoms with Gasteiger partial charge in [-0.2, -0.15) is 10.4 Å². The van der Waals surface area contributed by atoms with Gasteiger partial charge in [-0.3, -0.25) is 9.67 Å². The molecule has 0 aliphatic carbocycles. The first kappa shape index (κ1) is 22.4. The molecule has 0 bridgehead atoms. The Morgan fingerprint density at radius 2 is 2.07 bits per heavy atom. The number of nitrogens with zero attached hydrogens (tertiary/aromatic N) is 4. The summed E-state index contributed by atoms with van der Waals surface area (Å²) in [5.74, 6) is 0.853. The molecule has 4 nitrogen and oxygen atoms in total. The molecule has 0 aliphatic rings. The van der Waals surface area contributed by atoms with E-state index in [-0.39, 0.29) is 0 Å². The van der Waals surface area contributed by atoms with E-state index in [1.807, 2.05) is 48.3 Å². The number of hydrogen-bond acceptors (Lipinski definition) is 3. The van der Waals surface area contributed by atoms with E-state index in [2.05, 4.69) is 45.4 Å². The van der Waals surface area contributed by atoms with E-state index in [4.69, 9.17) is 4.99 Å². The second-order valence-corrected chi connectivity index (χ2v) is 7.94. The maximum absolute atomic E-state index is 9.40. The first-order valence-corrected chi connectivity index (χ1v) is 10.3. The SMILES string of the molecule is C=C/C(=C\N=C(c1ccc(C#N)cc1Cc1ccnn1C)C(C)CC)CC(C)C. The van der Waals surface area contributed by atoms with Crippen molar-refractivity contribution >= 4 is 5.71 Å². The van der Waals surface area contributed by atoms with Gasteiger partial charge in [0, 0.05) is 31.6 Å². The monoisotopic (exact) mass is 388 g/mol. The van der Waals surface area contributed by atoms with Crippen LogP contribution in [0.4, 0.5) is 0 Å². The van der Waals surface area contributed by atoms with Crippen LogP contribution in [0.5, 0.6) is 0 Å². The molecule has 0 fully saturated rings. The zero-order valence-corrected chi connectivity index (χ0v) is 18.3. The summed E-state index contributed by atoms with van der Waals surface area (Å²) in [6.45, 7) is 12.7. The van der Waals surface area contributed by atoms with Crippen molar-refractivity contribution in [2.24, 2.45) is 23.9 Å². The van der Waals surface area contributed by atoms with Crippen molar-refractivity contribution in [1.82, 2.24) is 9.78 Å². The van der Waals surface area contributed by atoms with Crippen LogP contribution in [0.3, 0.4) is 0 Å². The Bertz CT molecular complexity index is 938. The van der Waals surface area contributed by atoms with Crippen LogP contribution >= 0.6 is 0 Å². The number of aliphatic imine (C=N–C) groups is 1. The minimum Gasteiger partial charge on any atom is -0.272 e. The van der Waals surface area contributed by atoms with Gasteiger partial charge in [0.15, 0.2) is 0 Å². The molecule has 0 amide bonds. The molecule has 0 saturated heterocycles. The zero-order chi connectivity index (χ0) is 21.4. The van der Waals surface area contributed by atoms with Crippen LogP contribution in [-0.2, 0) is 13.5 Å². The van der Waals surface area contributed by atoms with Gasteiger partial charge in [-0.05, 0) is 59.6 Å². The quantitative estimate of drug-likeness (QED) is 0.400. The van der Waals surface area contributed by atoms with Crippen molar-refractivity contribution in [3.63, 3.8) is 0 Å². The van der Waals surface area contributed by atoms with Crippen molar-refractivity contribution in [2.75, 3.05) is 0 Å². The smallest absolute Gasteiger partial charge is 0.0991 e. The van der Waals surface area contributed by atoms with Gasteiger partial charge >= 0.3 is 0 Å². The van der Waals surface area contributed by atoms with E-state index >= 15 is 0 Å². The van der Waals surface area contributed by atoms with Gasteiger partial charge in [0.05, 0.1) is 17.3 Å². The van der Waals surface area contributed by atoms with Crippen LogP contribution in [0.2, 0.25) is 0 Å². The maximum atomic E-state index is 9.40. The van der Waals surface area contributed by atoms with E-state index in [0.29, 0.717) is 23.8 Å². The highest BCUT2D eigenvalue weighted by atomic mass is 15.2. The fourth-order valence-corrected chi connectivity index (χ4v) is 3.30. The lowest BCUT2D eigenvalue weighted by Crippen LogP contribution is -2.15. The van der Waals surface area contributed by atoms with Crippen molar-refractivity contribution in [1.29, 1.82) is 5.26 Å². The Labute approximate surface area is 175 Å². The third kappa shape index (κ3) is 6.02. The van der Waals surface area contributed by atoms with Gasteiger partial charge in [-0.15, -0.1) is 0 Å². The second-order valence-electron chi connectivity index (χ2n) is 7.94. The number of benzene rings is 1. The van der Waals surface area contributed by atoms with Gasteiger partial charge in [0.25, 0.3) is 0 Å². The molecule has 1 aromatic heterocycles. The molecule has 152 valence electrons. The largest absolute Gasteiger partial charge is 0.272 e. The van der Waals surface area contributed by atoms with E-state index in [0.717, 1.165) is 40.9 Å². The summed E-state index contributed by atoms with van der Waals surface area (Å²) in [7, 11) is 1.94. The Kier molecular flexibility index (Phi) is 8.15. The van der Waals surface area contributed by atoms with E-state index in [9.17, 15) is 5.26 Å². The Hall–Kier alpha value is -2.93. The molecule has 2 rings (SSSR count). The van der Waals surface area contributed by atoms with Crippen molar-refractivity contribution in [3.8, 4) is 6.07 Å². The molecule has 1 heterocycles. The number of aryl methyl sites for hydroxylation is 1. The maximum Gasteiger partial charge on any atom is 0.0991 e. The van der Waals surface area contributed by atoms with Crippen LogP contribution in [0.25, 0.3) is 0 Å². The molecule has 1 aromatic carbocycles. The van der Waals surface area contributed by atoms with Crippen LogP contribution in [0.15, 0.2) is 59.9 Å². The van der Waals surface area contributed by atoms with Crippen molar-refractivity contribution in [3.05, 3.63) is 77.3 Å². The lowest BCUT2D eigenvalue weighted by atomic mass is 9.90. The summed E-state index contributed by atoms with van der Waals surface area (Å²) < 4.78 is 1.88. The topological polar surface area (TPSA) is 54.0 Å². The molecule has 4 heteroatoms. The number of nitriles is 1. The zero-order valence-electron chi connectivity index (χ0n) is 18.3. The van der Waals surface area contributed by atoms with E-state index in [1.165, 1.54) is 0 Å². The molecule has 0 radical (unpaired) electrons. The molecule has 2 aromatic rings. The highest BCUT2D eigenvalue weighted by Crippen LogP contribution is 2.23. The molecular weight excluding hydrogens is 356 g/mol. The number of allylic oxidation sites excluding steroid dienone is 2. The van der Waals surface area contributed by atoms with E-state index in [1.54, 1.807) is 6.20 Å². The minimum atomic E-state index is 0.301. The molecule has 1 atom stereocenters. The number of hydrogen-bond donors (Lipinski definition) is 0. The molecule has 0 saturated carbocycles. The highest BCUT2D eigenvalue weighted by Gasteiger charge is 2.17. The standard InChI is InChI=1S/C25H32N4/c1-7-19(5)25(27-17-20(8-2)13-18(3)4)24-10-9-21(16-26)14-22(24)15-23-11-12-28-29(23)6/h8-12,14,17-19H,2,7,13,15H2,1,3-6H3/b20-17+,27-25?. The average molecular weight is 389 g/mol. The average Bonchev–Trinajstić information content (AvgIpc) is 3.11. The van der Waals surface area contributed by atoms with Crippen LogP contribution < -0.4 is 0 Å². The number of rotatable bonds is 9. The third-order valence-electron chi connectivity index (χ3n) is 5.16. The first-order valence-electron chi connectivity index (χ1n) is 10.3. The van der Waals surface area contributed by atoms with Crippen molar-refractivity contribution in [2.45, 2.75) is 47.0 Å². The van der Waals surface area contributed by atoms with Gasteiger partial charge in [-0.1, -0.05) is 46.4 Å². The normalized spacial score (nSPS) is 13.4. The lowest BCUT2D eigenvalue weighted by molar-refractivity contribution is 0.649. The summed E-state index contributed by atoms with van der Waals surface area (Å²) in [5, 5.41) is 13.7. The summed E-state index contributed by atoms with van der Waals surface area (Å²) in [6.07, 6.45) is 8.31. The van der Waals surface area contributed by atoms with Gasteiger partial charge < -0.3 is 0 Å². The second kappa shape index (κ2) is 10.6. The molecule has 0 spiro atoms. The molecule has 1 unspecified atom stereocenters. The van der Waals surface area contributed by atoms with Crippen molar-refractivity contribution < 1.29 is 0 Å². The van der Waals surface area contributed by atoms with Crippen LogP contribution in [0, 0.1) is 23.2 Å². The Morgan fingerprint density at radius 3 is 2.62 bits per heavy atom. The predicted octanol–water partition coefficient (Wildman–Crippen LogP) is 5.83. The summed E-state index contributed by atoms with van der Waals surface area (Å²) in [5.41, 5.74) is 6.16. The first-order chi connectivity index (χ1) is 13.9. The summed E-state index contributed by atoms with van der Waals surface area (Å²) >= 11 is 0. The molecule has 0 aliphatic heterocycles. The highest BCUT2D eigenvalue weighted by molar-refractivity contribution is 6.03. The molecule has 0 N–H and O–H groups in total. The molecule has 29 heavy (non-hydrogen) atoms. The van der Waals surface area contributed by atoms with Crippen LogP contribution in [-0.4, -0.2) is 15.5 Å². The Morgan fingerprint density at radius 1 is 1.31 bits per heavy atom. The van der Waals surface area contributed by atoms with Gasteiger partial charge in [0.1, 0.15) is 0 Å².